The van der Waals surface area contributed by atoms with E-state index in [4.69, 9.17) is 4.74 Å². The number of carbonyl (C=O) groups is 2. The normalized spacial score (nSPS) is 23.8. The van der Waals surface area contributed by atoms with Crippen molar-refractivity contribution in [3.05, 3.63) is 0 Å². The second-order valence-corrected chi connectivity index (χ2v) is 6.53. The van der Waals surface area contributed by atoms with Crippen molar-refractivity contribution in [2.75, 3.05) is 24.7 Å². The minimum atomic E-state index is -1.03. The van der Waals surface area contributed by atoms with Gasteiger partial charge in [-0.2, -0.15) is 11.8 Å². The van der Waals surface area contributed by atoms with Crippen molar-refractivity contribution in [1.82, 2.24) is 5.32 Å². The Morgan fingerprint density at radius 1 is 1.26 bits per heavy atom. The summed E-state index contributed by atoms with van der Waals surface area (Å²) in [5.74, 6) is 0.903. The molecular weight excluding hydrogens is 266 g/mol. The molecule has 0 aromatic heterocycles. The molecule has 2 fully saturated rings. The first-order chi connectivity index (χ1) is 9.12. The lowest BCUT2D eigenvalue weighted by molar-refractivity contribution is -0.148. The second kappa shape index (κ2) is 6.61. The zero-order chi connectivity index (χ0) is 13.7. The van der Waals surface area contributed by atoms with Gasteiger partial charge in [-0.3, -0.25) is 4.79 Å². The van der Waals surface area contributed by atoms with Crippen molar-refractivity contribution in [2.24, 2.45) is 5.92 Å². The highest BCUT2D eigenvalue weighted by molar-refractivity contribution is 7.99. The molecule has 0 aromatic carbocycles. The summed E-state index contributed by atoms with van der Waals surface area (Å²) in [4.78, 5) is 23.5. The lowest BCUT2D eigenvalue weighted by Crippen LogP contribution is -2.56. The van der Waals surface area contributed by atoms with Gasteiger partial charge in [0.15, 0.2) is 0 Å². The first-order valence-corrected chi connectivity index (χ1v) is 7.98. The van der Waals surface area contributed by atoms with Crippen molar-refractivity contribution in [3.8, 4) is 0 Å². The fraction of sp³-hybridized carbons (Fsp3) is 0.846. The Hall–Kier alpha value is -0.750. The van der Waals surface area contributed by atoms with Crippen LogP contribution in [0.4, 0.5) is 0 Å². The van der Waals surface area contributed by atoms with Crippen LogP contribution in [0.2, 0.25) is 0 Å². The number of amides is 1. The van der Waals surface area contributed by atoms with Crippen LogP contribution in [0.15, 0.2) is 0 Å². The number of hydrogen-bond acceptors (Lipinski definition) is 4. The van der Waals surface area contributed by atoms with E-state index >= 15 is 0 Å². The van der Waals surface area contributed by atoms with Crippen LogP contribution in [0.3, 0.4) is 0 Å². The van der Waals surface area contributed by atoms with E-state index < -0.39 is 11.5 Å². The number of carbonyl (C=O) groups excluding carboxylic acids is 1. The Labute approximate surface area is 117 Å². The van der Waals surface area contributed by atoms with Gasteiger partial charge >= 0.3 is 5.97 Å². The predicted octanol–water partition coefficient (Wildman–Crippen LogP) is 1.27. The number of nitrogens with one attached hydrogen (secondary N) is 1. The Bertz CT molecular complexity index is 336. The highest BCUT2D eigenvalue weighted by Crippen LogP contribution is 2.28. The number of rotatable bonds is 4. The van der Waals surface area contributed by atoms with Gasteiger partial charge in [0.1, 0.15) is 5.54 Å². The summed E-state index contributed by atoms with van der Waals surface area (Å²) in [5, 5.41) is 12.2. The molecule has 2 aliphatic rings. The third-order valence-corrected chi connectivity index (χ3v) is 4.93. The molecule has 2 rings (SSSR count). The SMILES string of the molecule is O=C(CC1CCOCC1)NC1(C(=O)O)CCSCC1. The summed E-state index contributed by atoms with van der Waals surface area (Å²) in [6.45, 7) is 1.41. The maximum Gasteiger partial charge on any atom is 0.329 e. The molecule has 0 aromatic rings. The van der Waals surface area contributed by atoms with E-state index in [1.54, 1.807) is 11.8 Å². The minimum absolute atomic E-state index is 0.124. The molecule has 108 valence electrons. The van der Waals surface area contributed by atoms with Crippen molar-refractivity contribution in [1.29, 1.82) is 0 Å². The molecule has 0 atom stereocenters. The second-order valence-electron chi connectivity index (χ2n) is 5.31. The standard InChI is InChI=1S/C13H21NO4S/c15-11(9-10-1-5-18-6-2-10)14-13(12(16)17)3-7-19-8-4-13/h10H,1-9H2,(H,14,15)(H,16,17). The van der Waals surface area contributed by atoms with Gasteiger partial charge in [-0.15, -0.1) is 0 Å². The number of carboxylic acids is 1. The topological polar surface area (TPSA) is 75.6 Å². The highest BCUT2D eigenvalue weighted by atomic mass is 32.2. The Balaban J connectivity index is 1.89. The van der Waals surface area contributed by atoms with E-state index in [2.05, 4.69) is 5.32 Å². The van der Waals surface area contributed by atoms with E-state index in [1.807, 2.05) is 0 Å². The van der Waals surface area contributed by atoms with Gasteiger partial charge < -0.3 is 15.2 Å². The molecule has 2 heterocycles. The van der Waals surface area contributed by atoms with Gasteiger partial charge in [-0.1, -0.05) is 0 Å². The smallest absolute Gasteiger partial charge is 0.329 e. The number of hydrogen-bond donors (Lipinski definition) is 2. The molecule has 0 radical (unpaired) electrons. The van der Waals surface area contributed by atoms with Crippen LogP contribution in [0, 0.1) is 5.92 Å². The fourth-order valence-corrected chi connectivity index (χ4v) is 3.83. The molecule has 0 spiro atoms. The van der Waals surface area contributed by atoms with Crippen LogP contribution in [0.25, 0.3) is 0 Å². The molecule has 5 nitrogen and oxygen atoms in total. The molecule has 2 aliphatic heterocycles. The lowest BCUT2D eigenvalue weighted by Gasteiger charge is -2.34. The fourth-order valence-electron chi connectivity index (χ4n) is 2.64. The monoisotopic (exact) mass is 287 g/mol. The first kappa shape index (κ1) is 14.7. The van der Waals surface area contributed by atoms with E-state index in [0.717, 1.165) is 24.3 Å². The number of thioether (sulfide) groups is 1. The summed E-state index contributed by atoms with van der Waals surface area (Å²) in [6.07, 6.45) is 3.25. The molecular formula is C13H21NO4S. The van der Waals surface area contributed by atoms with Gasteiger partial charge in [-0.25, -0.2) is 4.79 Å². The quantitative estimate of drug-likeness (QED) is 0.814. The summed E-state index contributed by atoms with van der Waals surface area (Å²) in [5.41, 5.74) is -1.03. The first-order valence-electron chi connectivity index (χ1n) is 6.82. The van der Waals surface area contributed by atoms with E-state index in [1.165, 1.54) is 0 Å². The summed E-state index contributed by atoms with van der Waals surface area (Å²) in [7, 11) is 0. The van der Waals surface area contributed by atoms with E-state index in [0.29, 0.717) is 38.4 Å². The van der Waals surface area contributed by atoms with Crippen LogP contribution in [-0.2, 0) is 14.3 Å². The Kier molecular flexibility index (Phi) is 5.10. The van der Waals surface area contributed by atoms with Gasteiger partial charge in [0.25, 0.3) is 0 Å². The molecule has 1 amide bonds. The molecule has 2 N–H and O–H groups in total. The maximum absolute atomic E-state index is 12.1. The molecule has 0 saturated carbocycles. The number of ether oxygens (including phenoxy) is 1. The van der Waals surface area contributed by atoms with E-state index in [9.17, 15) is 14.7 Å². The molecule has 2 saturated heterocycles. The maximum atomic E-state index is 12.1. The van der Waals surface area contributed by atoms with Crippen LogP contribution >= 0.6 is 11.8 Å². The zero-order valence-corrected chi connectivity index (χ0v) is 11.8. The third-order valence-electron chi connectivity index (χ3n) is 3.95. The van der Waals surface area contributed by atoms with Gasteiger partial charge in [0, 0.05) is 19.6 Å². The number of carboxylic acid groups (broad SMARTS) is 1. The average Bonchev–Trinajstić information content (AvgIpc) is 2.40. The highest BCUT2D eigenvalue weighted by Gasteiger charge is 2.41. The Morgan fingerprint density at radius 2 is 1.89 bits per heavy atom. The third kappa shape index (κ3) is 3.86. The van der Waals surface area contributed by atoms with Crippen molar-refractivity contribution in [3.63, 3.8) is 0 Å². The number of aliphatic carboxylic acids is 1. The molecule has 6 heteroatoms. The summed E-state index contributed by atoms with van der Waals surface area (Å²) in [6, 6.07) is 0. The van der Waals surface area contributed by atoms with Gasteiger partial charge in [0.05, 0.1) is 0 Å². The average molecular weight is 287 g/mol. The molecule has 0 bridgehead atoms. The van der Waals surface area contributed by atoms with Crippen LogP contribution in [0.5, 0.6) is 0 Å². The predicted molar refractivity (Wildman–Crippen MR) is 73.2 cm³/mol. The summed E-state index contributed by atoms with van der Waals surface area (Å²) >= 11 is 1.75. The van der Waals surface area contributed by atoms with Crippen molar-refractivity contribution >= 4 is 23.6 Å². The Morgan fingerprint density at radius 3 is 2.47 bits per heavy atom. The van der Waals surface area contributed by atoms with Crippen LogP contribution in [0.1, 0.15) is 32.1 Å². The van der Waals surface area contributed by atoms with Crippen LogP contribution < -0.4 is 5.32 Å². The molecule has 0 aliphatic carbocycles. The minimum Gasteiger partial charge on any atom is -0.480 e. The van der Waals surface area contributed by atoms with Gasteiger partial charge in [0.2, 0.25) is 5.91 Å². The summed E-state index contributed by atoms with van der Waals surface area (Å²) < 4.78 is 5.26. The van der Waals surface area contributed by atoms with E-state index in [-0.39, 0.29) is 5.91 Å². The molecule has 0 unspecified atom stereocenters. The zero-order valence-electron chi connectivity index (χ0n) is 11.0. The van der Waals surface area contributed by atoms with Crippen LogP contribution in [-0.4, -0.2) is 47.2 Å². The lowest BCUT2D eigenvalue weighted by atomic mass is 9.90. The van der Waals surface area contributed by atoms with Crippen molar-refractivity contribution < 1.29 is 19.4 Å². The molecule has 19 heavy (non-hydrogen) atoms. The van der Waals surface area contributed by atoms with Gasteiger partial charge in [-0.05, 0) is 43.1 Å². The largest absolute Gasteiger partial charge is 0.480 e. The van der Waals surface area contributed by atoms with Crippen molar-refractivity contribution in [2.45, 2.75) is 37.6 Å².